The van der Waals surface area contributed by atoms with Crippen LogP contribution in [0, 0.1) is 5.41 Å². The normalized spacial score (nSPS) is 19.1. The second kappa shape index (κ2) is 3.42. The molecule has 0 heterocycles. The van der Waals surface area contributed by atoms with Gasteiger partial charge in [-0.2, -0.15) is 0 Å². The standard InChI is InChI=1S/C10H19NO3/c1-9(2,3)6-11(8(13)14)10(7-12)4-5-10/h12H,4-7H2,1-3H3,(H,13,14). The molecule has 0 aromatic rings. The summed E-state index contributed by atoms with van der Waals surface area (Å²) in [5.74, 6) is 0. The molecule has 0 saturated heterocycles. The summed E-state index contributed by atoms with van der Waals surface area (Å²) in [5, 5.41) is 18.2. The van der Waals surface area contributed by atoms with Crippen LogP contribution in [0.4, 0.5) is 4.79 Å². The van der Waals surface area contributed by atoms with Crippen LogP contribution in [0.25, 0.3) is 0 Å². The fourth-order valence-corrected chi connectivity index (χ4v) is 1.57. The van der Waals surface area contributed by atoms with Gasteiger partial charge in [-0.15, -0.1) is 0 Å². The molecular weight excluding hydrogens is 182 g/mol. The zero-order chi connectivity index (χ0) is 11.0. The van der Waals surface area contributed by atoms with Gasteiger partial charge in [0, 0.05) is 6.54 Å². The molecule has 1 rings (SSSR count). The highest BCUT2D eigenvalue weighted by Gasteiger charge is 2.50. The second-order valence-electron chi connectivity index (χ2n) is 5.31. The van der Waals surface area contributed by atoms with Crippen LogP contribution in [0.1, 0.15) is 33.6 Å². The van der Waals surface area contributed by atoms with E-state index in [-0.39, 0.29) is 12.0 Å². The van der Waals surface area contributed by atoms with Gasteiger partial charge in [0.15, 0.2) is 0 Å². The van der Waals surface area contributed by atoms with Crippen LogP contribution in [0.2, 0.25) is 0 Å². The Labute approximate surface area is 84.5 Å². The van der Waals surface area contributed by atoms with Crippen LogP contribution in [0.15, 0.2) is 0 Å². The van der Waals surface area contributed by atoms with Crippen LogP contribution in [0.5, 0.6) is 0 Å². The van der Waals surface area contributed by atoms with Gasteiger partial charge in [-0.1, -0.05) is 20.8 Å². The van der Waals surface area contributed by atoms with Crippen molar-refractivity contribution in [3.63, 3.8) is 0 Å². The van der Waals surface area contributed by atoms with E-state index in [1.807, 2.05) is 20.8 Å². The molecule has 1 aliphatic rings. The van der Waals surface area contributed by atoms with Gasteiger partial charge < -0.3 is 10.2 Å². The maximum Gasteiger partial charge on any atom is 0.407 e. The molecule has 14 heavy (non-hydrogen) atoms. The van der Waals surface area contributed by atoms with Gasteiger partial charge in [-0.25, -0.2) is 4.79 Å². The lowest BCUT2D eigenvalue weighted by molar-refractivity contribution is 0.0664. The summed E-state index contributed by atoms with van der Waals surface area (Å²) in [5.41, 5.74) is -0.539. The molecule has 0 unspecified atom stereocenters. The van der Waals surface area contributed by atoms with Crippen LogP contribution >= 0.6 is 0 Å². The Kier molecular flexibility index (Phi) is 2.76. The Balaban J connectivity index is 2.71. The Morgan fingerprint density at radius 1 is 1.43 bits per heavy atom. The average Bonchev–Trinajstić information content (AvgIpc) is 2.78. The molecule has 4 nitrogen and oxygen atoms in total. The van der Waals surface area contributed by atoms with Gasteiger partial charge in [0.25, 0.3) is 0 Å². The van der Waals surface area contributed by atoms with Crippen LogP contribution < -0.4 is 0 Å². The maximum absolute atomic E-state index is 11.0. The molecule has 1 fully saturated rings. The molecule has 0 atom stereocenters. The van der Waals surface area contributed by atoms with Crippen molar-refractivity contribution in [2.45, 2.75) is 39.2 Å². The van der Waals surface area contributed by atoms with E-state index >= 15 is 0 Å². The molecule has 1 amide bonds. The second-order valence-corrected chi connectivity index (χ2v) is 5.31. The molecule has 0 aromatic carbocycles. The van der Waals surface area contributed by atoms with Crippen molar-refractivity contribution < 1.29 is 15.0 Å². The highest BCUT2D eigenvalue weighted by Crippen LogP contribution is 2.42. The summed E-state index contributed by atoms with van der Waals surface area (Å²) < 4.78 is 0. The van der Waals surface area contributed by atoms with Gasteiger partial charge >= 0.3 is 6.09 Å². The molecule has 0 spiro atoms. The number of hydrogen-bond donors (Lipinski definition) is 2. The molecule has 0 aromatic heterocycles. The molecule has 1 aliphatic carbocycles. The van der Waals surface area contributed by atoms with Crippen molar-refractivity contribution >= 4 is 6.09 Å². The number of carbonyl (C=O) groups is 1. The lowest BCUT2D eigenvalue weighted by atomic mass is 9.95. The lowest BCUT2D eigenvalue weighted by Crippen LogP contribution is -2.47. The third kappa shape index (κ3) is 2.38. The predicted molar refractivity (Wildman–Crippen MR) is 53.2 cm³/mol. The highest BCUT2D eigenvalue weighted by molar-refractivity contribution is 5.67. The first kappa shape index (κ1) is 11.3. The van der Waals surface area contributed by atoms with Crippen molar-refractivity contribution in [3.8, 4) is 0 Å². The zero-order valence-electron chi connectivity index (χ0n) is 9.08. The Morgan fingerprint density at radius 3 is 2.14 bits per heavy atom. The number of aliphatic hydroxyl groups excluding tert-OH is 1. The first-order valence-corrected chi connectivity index (χ1v) is 4.92. The fraction of sp³-hybridized carbons (Fsp3) is 0.900. The first-order valence-electron chi connectivity index (χ1n) is 4.92. The van der Waals surface area contributed by atoms with Gasteiger partial charge in [-0.05, 0) is 18.3 Å². The summed E-state index contributed by atoms with van der Waals surface area (Å²) in [7, 11) is 0. The minimum Gasteiger partial charge on any atom is -0.465 e. The first-order chi connectivity index (χ1) is 6.31. The topological polar surface area (TPSA) is 60.8 Å². The molecule has 0 aliphatic heterocycles. The zero-order valence-corrected chi connectivity index (χ0v) is 9.08. The van der Waals surface area contributed by atoms with Gasteiger partial charge in [0.1, 0.15) is 0 Å². The smallest absolute Gasteiger partial charge is 0.407 e. The largest absolute Gasteiger partial charge is 0.465 e. The van der Waals surface area contributed by atoms with Gasteiger partial charge in [0.05, 0.1) is 12.1 Å². The summed E-state index contributed by atoms with van der Waals surface area (Å²) in [4.78, 5) is 12.4. The number of amides is 1. The molecule has 2 N–H and O–H groups in total. The van der Waals surface area contributed by atoms with Gasteiger partial charge in [-0.3, -0.25) is 4.90 Å². The average molecular weight is 201 g/mol. The molecular formula is C10H19NO3. The SMILES string of the molecule is CC(C)(C)CN(C(=O)O)C1(CO)CC1. The van der Waals surface area contributed by atoms with E-state index in [0.717, 1.165) is 12.8 Å². The van der Waals surface area contributed by atoms with E-state index in [9.17, 15) is 4.79 Å². The minimum absolute atomic E-state index is 0.0601. The Morgan fingerprint density at radius 2 is 1.93 bits per heavy atom. The van der Waals surface area contributed by atoms with Crippen molar-refractivity contribution in [2.75, 3.05) is 13.2 Å². The Bertz CT molecular complexity index is 228. The van der Waals surface area contributed by atoms with E-state index in [4.69, 9.17) is 10.2 Å². The van der Waals surface area contributed by atoms with Crippen molar-refractivity contribution in [1.29, 1.82) is 0 Å². The number of aliphatic hydroxyl groups is 1. The lowest BCUT2D eigenvalue weighted by Gasteiger charge is -2.33. The minimum atomic E-state index is -0.925. The monoisotopic (exact) mass is 201 g/mol. The van der Waals surface area contributed by atoms with Crippen LogP contribution in [-0.4, -0.2) is 39.9 Å². The predicted octanol–water partition coefficient (Wildman–Crippen LogP) is 1.54. The number of rotatable bonds is 3. The summed E-state index contributed by atoms with van der Waals surface area (Å²) in [6.45, 7) is 6.40. The van der Waals surface area contributed by atoms with E-state index in [1.165, 1.54) is 4.90 Å². The number of carboxylic acid groups (broad SMARTS) is 1. The van der Waals surface area contributed by atoms with E-state index < -0.39 is 11.6 Å². The fourth-order valence-electron chi connectivity index (χ4n) is 1.57. The number of nitrogens with zero attached hydrogens (tertiary/aromatic N) is 1. The maximum atomic E-state index is 11.0. The van der Waals surface area contributed by atoms with Crippen molar-refractivity contribution in [3.05, 3.63) is 0 Å². The highest BCUT2D eigenvalue weighted by atomic mass is 16.4. The third-order valence-corrected chi connectivity index (χ3v) is 2.56. The van der Waals surface area contributed by atoms with E-state index in [2.05, 4.69) is 0 Å². The van der Waals surface area contributed by atoms with E-state index in [0.29, 0.717) is 6.54 Å². The quantitative estimate of drug-likeness (QED) is 0.728. The third-order valence-electron chi connectivity index (χ3n) is 2.56. The summed E-state index contributed by atoms with van der Waals surface area (Å²) in [6, 6.07) is 0. The molecule has 1 saturated carbocycles. The van der Waals surface area contributed by atoms with Crippen molar-refractivity contribution in [1.82, 2.24) is 4.90 Å². The van der Waals surface area contributed by atoms with E-state index in [1.54, 1.807) is 0 Å². The molecule has 0 bridgehead atoms. The molecule has 0 radical (unpaired) electrons. The van der Waals surface area contributed by atoms with Crippen LogP contribution in [0.3, 0.4) is 0 Å². The molecule has 82 valence electrons. The molecule has 4 heteroatoms. The van der Waals surface area contributed by atoms with Crippen molar-refractivity contribution in [2.24, 2.45) is 5.41 Å². The number of hydrogen-bond acceptors (Lipinski definition) is 2. The summed E-state index contributed by atoms with van der Waals surface area (Å²) >= 11 is 0. The van der Waals surface area contributed by atoms with Gasteiger partial charge in [0.2, 0.25) is 0 Å². The summed E-state index contributed by atoms with van der Waals surface area (Å²) in [6.07, 6.45) is 0.643. The Hall–Kier alpha value is -0.770. The van der Waals surface area contributed by atoms with Crippen LogP contribution in [-0.2, 0) is 0 Å².